The zero-order valence-corrected chi connectivity index (χ0v) is 8.50. The van der Waals surface area contributed by atoms with Crippen molar-refractivity contribution in [3.05, 3.63) is 34.9 Å². The van der Waals surface area contributed by atoms with Crippen LogP contribution in [-0.4, -0.2) is 6.29 Å². The van der Waals surface area contributed by atoms with E-state index < -0.39 is 5.54 Å². The maximum atomic E-state index is 11.0. The molecule has 2 rings (SSSR count). The molecule has 2 N–H and O–H groups in total. The molecule has 0 amide bonds. The molecule has 14 heavy (non-hydrogen) atoms. The normalized spacial score (nSPS) is 20.1. The van der Waals surface area contributed by atoms with E-state index in [9.17, 15) is 4.79 Å². The van der Waals surface area contributed by atoms with Gasteiger partial charge in [0.1, 0.15) is 11.8 Å². The first-order valence-electron chi connectivity index (χ1n) is 4.68. The van der Waals surface area contributed by atoms with Crippen LogP contribution in [0.3, 0.4) is 0 Å². The van der Waals surface area contributed by atoms with E-state index in [0.717, 1.165) is 24.7 Å². The van der Waals surface area contributed by atoms with Gasteiger partial charge in [0.25, 0.3) is 0 Å². The third-order valence-electron chi connectivity index (χ3n) is 2.79. The fourth-order valence-electron chi connectivity index (χ4n) is 1.70. The second-order valence-corrected chi connectivity index (χ2v) is 4.27. The van der Waals surface area contributed by atoms with Crippen molar-refractivity contribution >= 4 is 17.9 Å². The SMILES string of the molecule is NC(C=O)(c1ccc(Cl)cc1)C1CC1. The van der Waals surface area contributed by atoms with Gasteiger partial charge in [-0.3, -0.25) is 0 Å². The first kappa shape index (κ1) is 9.69. The van der Waals surface area contributed by atoms with Crippen molar-refractivity contribution in [2.75, 3.05) is 0 Å². The van der Waals surface area contributed by atoms with Crippen LogP contribution < -0.4 is 5.73 Å². The van der Waals surface area contributed by atoms with Crippen molar-refractivity contribution in [2.24, 2.45) is 11.7 Å². The highest BCUT2D eigenvalue weighted by Crippen LogP contribution is 2.42. The number of benzene rings is 1. The first-order valence-corrected chi connectivity index (χ1v) is 5.06. The Morgan fingerprint density at radius 3 is 2.36 bits per heavy atom. The van der Waals surface area contributed by atoms with Crippen LogP contribution in [0.25, 0.3) is 0 Å². The molecule has 1 unspecified atom stereocenters. The van der Waals surface area contributed by atoms with E-state index in [1.807, 2.05) is 12.1 Å². The molecule has 74 valence electrons. The highest BCUT2D eigenvalue weighted by Gasteiger charge is 2.43. The van der Waals surface area contributed by atoms with Crippen molar-refractivity contribution in [2.45, 2.75) is 18.4 Å². The van der Waals surface area contributed by atoms with Crippen LogP contribution >= 0.6 is 11.6 Å². The lowest BCUT2D eigenvalue weighted by Crippen LogP contribution is -2.40. The molecule has 1 saturated carbocycles. The van der Waals surface area contributed by atoms with Crippen LogP contribution in [-0.2, 0) is 10.3 Å². The van der Waals surface area contributed by atoms with E-state index in [4.69, 9.17) is 17.3 Å². The lowest BCUT2D eigenvalue weighted by molar-refractivity contribution is -0.113. The van der Waals surface area contributed by atoms with Crippen molar-refractivity contribution in [1.29, 1.82) is 0 Å². The molecule has 2 nitrogen and oxygen atoms in total. The molecule has 1 aromatic carbocycles. The Labute approximate surface area is 88.1 Å². The minimum atomic E-state index is -0.801. The fraction of sp³-hybridized carbons (Fsp3) is 0.364. The Balaban J connectivity index is 2.35. The minimum absolute atomic E-state index is 0.307. The van der Waals surface area contributed by atoms with E-state index in [1.54, 1.807) is 12.1 Å². The van der Waals surface area contributed by atoms with Crippen LogP contribution in [0.15, 0.2) is 24.3 Å². The molecule has 0 saturated heterocycles. The molecule has 0 aliphatic heterocycles. The number of carbonyl (C=O) groups excluding carboxylic acids is 1. The monoisotopic (exact) mass is 209 g/mol. The van der Waals surface area contributed by atoms with E-state index in [-0.39, 0.29) is 0 Å². The van der Waals surface area contributed by atoms with Gasteiger partial charge < -0.3 is 10.5 Å². The van der Waals surface area contributed by atoms with Gasteiger partial charge in [0.2, 0.25) is 0 Å². The van der Waals surface area contributed by atoms with Gasteiger partial charge in [-0.2, -0.15) is 0 Å². The van der Waals surface area contributed by atoms with Gasteiger partial charge in [0.15, 0.2) is 0 Å². The number of aldehydes is 1. The molecule has 0 aromatic heterocycles. The van der Waals surface area contributed by atoms with Gasteiger partial charge in [-0.1, -0.05) is 23.7 Å². The zero-order valence-electron chi connectivity index (χ0n) is 7.74. The van der Waals surface area contributed by atoms with E-state index in [1.165, 1.54) is 0 Å². The van der Waals surface area contributed by atoms with Crippen molar-refractivity contribution in [3.8, 4) is 0 Å². The third-order valence-corrected chi connectivity index (χ3v) is 3.04. The van der Waals surface area contributed by atoms with Crippen LogP contribution in [0, 0.1) is 5.92 Å². The average molecular weight is 210 g/mol. The number of hydrogen-bond acceptors (Lipinski definition) is 2. The van der Waals surface area contributed by atoms with Crippen molar-refractivity contribution in [1.82, 2.24) is 0 Å². The number of hydrogen-bond donors (Lipinski definition) is 1. The van der Waals surface area contributed by atoms with Crippen molar-refractivity contribution in [3.63, 3.8) is 0 Å². The summed E-state index contributed by atoms with van der Waals surface area (Å²) in [4.78, 5) is 11.0. The molecule has 1 aliphatic rings. The molecule has 0 spiro atoms. The van der Waals surface area contributed by atoms with Crippen LogP contribution in [0.1, 0.15) is 18.4 Å². The van der Waals surface area contributed by atoms with Gasteiger partial charge in [0, 0.05) is 5.02 Å². The van der Waals surface area contributed by atoms with Crippen molar-refractivity contribution < 1.29 is 4.79 Å². The third kappa shape index (κ3) is 1.56. The maximum Gasteiger partial charge on any atom is 0.144 e. The number of carbonyl (C=O) groups is 1. The summed E-state index contributed by atoms with van der Waals surface area (Å²) >= 11 is 5.77. The molecule has 0 heterocycles. The molecular weight excluding hydrogens is 198 g/mol. The van der Waals surface area contributed by atoms with Gasteiger partial charge in [-0.05, 0) is 36.5 Å². The molecule has 1 atom stereocenters. The Morgan fingerprint density at radius 2 is 1.93 bits per heavy atom. The Morgan fingerprint density at radius 1 is 1.36 bits per heavy atom. The number of nitrogens with two attached hydrogens (primary N) is 1. The zero-order chi connectivity index (χ0) is 10.2. The Hall–Kier alpha value is -0.860. The molecule has 0 radical (unpaired) electrons. The first-order chi connectivity index (χ1) is 6.66. The molecule has 1 fully saturated rings. The van der Waals surface area contributed by atoms with E-state index in [0.29, 0.717) is 10.9 Å². The molecule has 1 aromatic rings. The fourth-order valence-corrected chi connectivity index (χ4v) is 1.83. The van der Waals surface area contributed by atoms with Gasteiger partial charge in [-0.15, -0.1) is 0 Å². The summed E-state index contributed by atoms with van der Waals surface area (Å²) in [6, 6.07) is 7.19. The van der Waals surface area contributed by atoms with E-state index >= 15 is 0 Å². The standard InChI is InChI=1S/C11H12ClNO/c12-10-5-3-9(4-6-10)11(13,7-14)8-1-2-8/h3-8H,1-2,13H2. The summed E-state index contributed by atoms with van der Waals surface area (Å²) in [7, 11) is 0. The molecule has 1 aliphatic carbocycles. The van der Waals surface area contributed by atoms with Crippen LogP contribution in [0.2, 0.25) is 5.02 Å². The molecule has 0 bridgehead atoms. The van der Waals surface area contributed by atoms with Gasteiger partial charge in [-0.25, -0.2) is 0 Å². The summed E-state index contributed by atoms with van der Waals surface area (Å²) in [6.45, 7) is 0. The highest BCUT2D eigenvalue weighted by atomic mass is 35.5. The Kier molecular flexibility index (Phi) is 2.33. The lowest BCUT2D eigenvalue weighted by Gasteiger charge is -2.23. The second-order valence-electron chi connectivity index (χ2n) is 3.83. The van der Waals surface area contributed by atoms with Crippen LogP contribution in [0.4, 0.5) is 0 Å². The highest BCUT2D eigenvalue weighted by molar-refractivity contribution is 6.30. The van der Waals surface area contributed by atoms with E-state index in [2.05, 4.69) is 0 Å². The second kappa shape index (κ2) is 3.37. The summed E-state index contributed by atoms with van der Waals surface area (Å²) in [5, 5.41) is 0.665. The topological polar surface area (TPSA) is 43.1 Å². The summed E-state index contributed by atoms with van der Waals surface area (Å²) in [6.07, 6.45) is 2.93. The largest absolute Gasteiger partial charge is 0.315 e. The quantitative estimate of drug-likeness (QED) is 0.775. The number of rotatable bonds is 3. The lowest BCUT2D eigenvalue weighted by atomic mass is 9.88. The number of halogens is 1. The summed E-state index contributed by atoms with van der Waals surface area (Å²) in [5.74, 6) is 0.307. The smallest absolute Gasteiger partial charge is 0.144 e. The predicted octanol–water partition coefficient (Wildman–Crippen LogP) is 2.10. The minimum Gasteiger partial charge on any atom is -0.315 e. The summed E-state index contributed by atoms with van der Waals surface area (Å²) in [5.41, 5.74) is 6.12. The Bertz CT molecular complexity index is 345. The average Bonchev–Trinajstić information content (AvgIpc) is 3.01. The summed E-state index contributed by atoms with van der Waals surface area (Å²) < 4.78 is 0. The predicted molar refractivity (Wildman–Crippen MR) is 56.1 cm³/mol. The molecular formula is C11H12ClNO. The van der Waals surface area contributed by atoms with Gasteiger partial charge in [0.05, 0.1) is 0 Å². The maximum absolute atomic E-state index is 11.0. The van der Waals surface area contributed by atoms with Gasteiger partial charge >= 0.3 is 0 Å². The van der Waals surface area contributed by atoms with Crippen LogP contribution in [0.5, 0.6) is 0 Å². The molecule has 3 heteroatoms.